The molecule has 2 fully saturated rings. The van der Waals surface area contributed by atoms with Crippen LogP contribution in [0.2, 0.25) is 0 Å². The van der Waals surface area contributed by atoms with Crippen molar-refractivity contribution in [3.05, 3.63) is 87.2 Å². The first-order valence-corrected chi connectivity index (χ1v) is 17.4. The Bertz CT molecular complexity index is 2110. The largest absolute Gasteiger partial charge is 0.508 e. The lowest BCUT2D eigenvalue weighted by molar-refractivity contribution is -0.191. The predicted octanol–water partition coefficient (Wildman–Crippen LogP) is 2.37. The van der Waals surface area contributed by atoms with Gasteiger partial charge in [0.05, 0.1) is 29.5 Å². The number of fused-ring (bicyclic) bond motifs is 3. The summed E-state index contributed by atoms with van der Waals surface area (Å²) in [4.78, 5) is 66.6. The number of methoxy groups -OCH3 is 1. The smallest absolute Gasteiger partial charge is 0.342 e. The minimum atomic E-state index is -3.18. The van der Waals surface area contributed by atoms with E-state index in [4.69, 9.17) is 24.7 Å². The van der Waals surface area contributed by atoms with Gasteiger partial charge in [0.25, 0.3) is 5.91 Å². The number of aliphatic hydroxyl groups is 4. The van der Waals surface area contributed by atoms with E-state index in [-0.39, 0.29) is 28.7 Å². The average molecular weight is 764 g/mol. The second-order valence-corrected chi connectivity index (χ2v) is 14.3. The zero-order valence-corrected chi connectivity index (χ0v) is 30.4. The molecule has 9 atom stereocenters. The zero-order valence-electron chi connectivity index (χ0n) is 30.4. The number of allylic oxidation sites excluding steroid dienone is 1. The highest BCUT2D eigenvalue weighted by molar-refractivity contribution is 6.24. The number of para-hydroxylation sites is 1. The summed E-state index contributed by atoms with van der Waals surface area (Å²) in [5.74, 6) is -12.6. The van der Waals surface area contributed by atoms with Crippen LogP contribution in [0, 0.1) is 11.8 Å². The number of nitrogens with two attached hydrogens (primary N) is 1. The van der Waals surface area contributed by atoms with E-state index < -0.39 is 124 Å². The summed E-state index contributed by atoms with van der Waals surface area (Å²) < 4.78 is 23.0. The quantitative estimate of drug-likeness (QED) is 0.121. The second-order valence-electron chi connectivity index (χ2n) is 14.3. The predicted molar refractivity (Wildman–Crippen MR) is 188 cm³/mol. The molecule has 8 N–H and O–H groups in total. The molecule has 6 rings (SSSR count). The van der Waals surface area contributed by atoms with Crippen LogP contribution in [0.1, 0.15) is 73.7 Å². The molecular weight excluding hydrogens is 722 g/mol. The molecule has 2 aromatic carbocycles. The van der Waals surface area contributed by atoms with Crippen molar-refractivity contribution in [3.63, 3.8) is 0 Å². The molecule has 0 radical (unpaired) electrons. The Morgan fingerprint density at radius 1 is 1.02 bits per heavy atom. The number of esters is 2. The van der Waals surface area contributed by atoms with E-state index in [1.807, 2.05) is 0 Å². The monoisotopic (exact) mass is 763 g/mol. The Labute approximate surface area is 314 Å². The van der Waals surface area contributed by atoms with Gasteiger partial charge in [0, 0.05) is 42.1 Å². The van der Waals surface area contributed by atoms with Gasteiger partial charge >= 0.3 is 11.9 Å². The van der Waals surface area contributed by atoms with Crippen molar-refractivity contribution in [2.45, 2.75) is 82.3 Å². The summed E-state index contributed by atoms with van der Waals surface area (Å²) in [6.45, 7) is 6.30. The number of carbonyl (C=O) groups is 5. The van der Waals surface area contributed by atoms with Crippen LogP contribution < -0.4 is 5.73 Å². The number of ketones is 2. The van der Waals surface area contributed by atoms with Crippen LogP contribution in [0.3, 0.4) is 0 Å². The fraction of sp³-hybridized carbons (Fsp3) is 0.410. The molecule has 1 saturated heterocycles. The van der Waals surface area contributed by atoms with Crippen molar-refractivity contribution in [1.29, 1.82) is 0 Å². The maximum atomic E-state index is 14.6. The van der Waals surface area contributed by atoms with Gasteiger partial charge in [0.1, 0.15) is 34.2 Å². The van der Waals surface area contributed by atoms with Crippen LogP contribution in [0.25, 0.3) is 5.76 Å². The van der Waals surface area contributed by atoms with E-state index in [0.717, 1.165) is 0 Å². The number of benzene rings is 2. The van der Waals surface area contributed by atoms with E-state index >= 15 is 0 Å². The van der Waals surface area contributed by atoms with Crippen LogP contribution in [0.15, 0.2) is 65.0 Å². The number of ether oxygens (including phenoxy) is 4. The number of hydrogen-bond donors (Lipinski definition) is 7. The summed E-state index contributed by atoms with van der Waals surface area (Å²) >= 11 is 0. The summed E-state index contributed by atoms with van der Waals surface area (Å²) in [5.41, 5.74) is -1.30. The summed E-state index contributed by atoms with van der Waals surface area (Å²) in [7, 11) is 1.28. The SMILES string of the molecule is CC=C(C)C(=O)O[C@H]1[C@H](O)C[C@H](c2ccc3c(c2O)C(O)=C2C(=O)[C@@]4(O)C(O)=C(C(N)=O)C(=O)[C@@H](OC(=O)c5ccccc5O)[C@H]4C[C@H]2[C@]3(C)OC)O[C@@H]1C. The highest BCUT2D eigenvalue weighted by Gasteiger charge is 2.67. The lowest BCUT2D eigenvalue weighted by Gasteiger charge is -2.52. The fourth-order valence-corrected chi connectivity index (χ4v) is 8.17. The van der Waals surface area contributed by atoms with Crippen molar-refractivity contribution in [2.24, 2.45) is 17.6 Å². The third kappa shape index (κ3) is 5.87. The topological polar surface area (TPSA) is 270 Å². The highest BCUT2D eigenvalue weighted by Crippen LogP contribution is 2.59. The van der Waals surface area contributed by atoms with Crippen LogP contribution in [-0.4, -0.2) is 97.2 Å². The lowest BCUT2D eigenvalue weighted by Crippen LogP contribution is -2.65. The Morgan fingerprint density at radius 3 is 2.29 bits per heavy atom. The summed E-state index contributed by atoms with van der Waals surface area (Å²) in [6.07, 6.45) is -5.35. The van der Waals surface area contributed by atoms with Gasteiger partial charge in [-0.2, -0.15) is 0 Å². The first kappa shape index (κ1) is 39.2. The lowest BCUT2D eigenvalue weighted by atomic mass is 9.55. The molecule has 2 aromatic rings. The minimum absolute atomic E-state index is 0.0705. The molecule has 4 aliphatic rings. The molecule has 0 bridgehead atoms. The molecule has 3 aliphatic carbocycles. The van der Waals surface area contributed by atoms with E-state index in [9.17, 15) is 54.6 Å². The number of primary amides is 1. The van der Waals surface area contributed by atoms with Gasteiger partial charge in [-0.3, -0.25) is 14.4 Å². The molecule has 1 aliphatic heterocycles. The standard InChI is InChI=1S/C39H41NO15/c1-6-15(2)36(49)54-31-16(3)53-24(14-23(31)42)18-11-12-19-25(28(18)43)29(44)26-20(38(19,4)52-5)13-21-32(55-37(50)17-9-7-8-10-22(17)41)30(45)27(35(40)48)34(47)39(21,51)33(26)46/h6-12,16,20-21,23-24,31-32,41-44,47,51H,13-14H2,1-5H3,(H2,40,48)/t16-,20-,21-,23-,24-,31-,32+,38-,39-/m1/s1. The van der Waals surface area contributed by atoms with Crippen molar-refractivity contribution >= 4 is 35.2 Å². The number of phenolic OH excluding ortho intramolecular Hbond substituents is 2. The van der Waals surface area contributed by atoms with E-state index in [0.29, 0.717) is 5.57 Å². The summed E-state index contributed by atoms with van der Waals surface area (Å²) in [5, 5.41) is 68.4. The van der Waals surface area contributed by atoms with Gasteiger partial charge in [-0.1, -0.05) is 30.3 Å². The maximum Gasteiger partial charge on any atom is 0.342 e. The van der Waals surface area contributed by atoms with Crippen LogP contribution in [0.4, 0.5) is 0 Å². The minimum Gasteiger partial charge on any atom is -0.508 e. The number of hydrogen-bond acceptors (Lipinski definition) is 15. The van der Waals surface area contributed by atoms with Gasteiger partial charge in [0.2, 0.25) is 11.6 Å². The van der Waals surface area contributed by atoms with Crippen LogP contribution in [0.5, 0.6) is 11.5 Å². The van der Waals surface area contributed by atoms with E-state index in [2.05, 4.69) is 0 Å². The average Bonchev–Trinajstić information content (AvgIpc) is 3.14. The number of carbonyl (C=O) groups excluding carboxylic acids is 5. The van der Waals surface area contributed by atoms with Gasteiger partial charge in [-0.05, 0) is 51.8 Å². The van der Waals surface area contributed by atoms with Gasteiger partial charge in [-0.15, -0.1) is 0 Å². The number of Topliss-reactive ketones (excluding diaryl/α,β-unsaturated/α-hetero) is 2. The van der Waals surface area contributed by atoms with E-state index in [1.54, 1.807) is 26.8 Å². The number of amides is 1. The Morgan fingerprint density at radius 2 is 1.69 bits per heavy atom. The molecule has 0 aromatic heterocycles. The molecule has 1 saturated carbocycles. The highest BCUT2D eigenvalue weighted by atomic mass is 16.6. The number of aliphatic hydroxyl groups excluding tert-OH is 3. The fourth-order valence-electron chi connectivity index (χ4n) is 8.17. The molecule has 292 valence electrons. The maximum absolute atomic E-state index is 14.6. The van der Waals surface area contributed by atoms with Crippen molar-refractivity contribution in [3.8, 4) is 11.5 Å². The van der Waals surface area contributed by atoms with Crippen molar-refractivity contribution < 1.29 is 73.6 Å². The molecule has 1 heterocycles. The molecule has 16 nitrogen and oxygen atoms in total. The Hall–Kier alpha value is -5.55. The normalized spacial score (nSPS) is 32.0. The molecule has 55 heavy (non-hydrogen) atoms. The van der Waals surface area contributed by atoms with Crippen molar-refractivity contribution in [1.82, 2.24) is 0 Å². The molecular formula is C39H41NO15. The Kier molecular flexibility index (Phi) is 9.93. The number of rotatable bonds is 7. The zero-order chi connectivity index (χ0) is 40.5. The first-order valence-electron chi connectivity index (χ1n) is 17.4. The van der Waals surface area contributed by atoms with Gasteiger partial charge < -0.3 is 55.3 Å². The van der Waals surface area contributed by atoms with Gasteiger partial charge in [-0.25, -0.2) is 9.59 Å². The third-order valence-corrected chi connectivity index (χ3v) is 11.4. The van der Waals surface area contributed by atoms with E-state index in [1.165, 1.54) is 50.4 Å². The molecule has 16 heteroatoms. The molecule has 1 amide bonds. The first-order chi connectivity index (χ1) is 25.8. The molecule has 0 unspecified atom stereocenters. The molecule has 0 spiro atoms. The number of phenols is 2. The Balaban J connectivity index is 1.44. The van der Waals surface area contributed by atoms with Crippen LogP contribution >= 0.6 is 0 Å². The summed E-state index contributed by atoms with van der Waals surface area (Å²) in [6, 6.07) is 8.15. The van der Waals surface area contributed by atoms with Crippen LogP contribution in [-0.2, 0) is 43.7 Å². The number of aromatic hydroxyl groups is 2. The third-order valence-electron chi connectivity index (χ3n) is 11.4. The van der Waals surface area contributed by atoms with Crippen molar-refractivity contribution in [2.75, 3.05) is 7.11 Å². The van der Waals surface area contributed by atoms with Gasteiger partial charge in [0.15, 0.2) is 17.8 Å². The second kappa shape index (κ2) is 13.9.